The van der Waals surface area contributed by atoms with Gasteiger partial charge in [0.05, 0.1) is 0 Å². The van der Waals surface area contributed by atoms with Crippen LogP contribution in [0.4, 0.5) is 11.4 Å². The predicted octanol–water partition coefficient (Wildman–Crippen LogP) is 5.71. The molecule has 4 heteroatoms. The summed E-state index contributed by atoms with van der Waals surface area (Å²) in [6.07, 6.45) is 6.74. The second-order valence-electron chi connectivity index (χ2n) is 9.70. The molecule has 0 radical (unpaired) electrons. The average Bonchev–Trinajstić information content (AvgIpc) is 3.53. The second-order valence-corrected chi connectivity index (χ2v) is 9.70. The third-order valence-corrected chi connectivity index (χ3v) is 6.17. The van der Waals surface area contributed by atoms with Gasteiger partial charge in [-0.3, -0.25) is 9.59 Å². The molecule has 2 aliphatic carbocycles. The highest BCUT2D eigenvalue weighted by Gasteiger charge is 2.43. The summed E-state index contributed by atoms with van der Waals surface area (Å²) < 4.78 is 0. The molecule has 154 valence electrons. The third kappa shape index (κ3) is 6.08. The Kier molecular flexibility index (Phi) is 6.79. The lowest BCUT2D eigenvalue weighted by Gasteiger charge is -2.09. The van der Waals surface area contributed by atoms with Crippen LogP contribution in [0.5, 0.6) is 0 Å². The maximum Gasteiger partial charge on any atom is 0.227 e. The lowest BCUT2D eigenvalue weighted by molar-refractivity contribution is -0.118. The van der Waals surface area contributed by atoms with Gasteiger partial charge in [-0.15, -0.1) is 0 Å². The van der Waals surface area contributed by atoms with Crippen LogP contribution < -0.4 is 10.6 Å². The average molecular weight is 385 g/mol. The van der Waals surface area contributed by atoms with E-state index in [4.69, 9.17) is 0 Å². The van der Waals surface area contributed by atoms with Crippen molar-refractivity contribution in [2.75, 3.05) is 10.6 Å². The quantitative estimate of drug-likeness (QED) is 0.543. The molecule has 28 heavy (non-hydrogen) atoms. The van der Waals surface area contributed by atoms with Gasteiger partial charge in [-0.25, -0.2) is 0 Å². The first-order chi connectivity index (χ1) is 13.3. The van der Waals surface area contributed by atoms with Crippen molar-refractivity contribution in [2.45, 2.75) is 66.2 Å². The molecular formula is C24H36N2O2. The van der Waals surface area contributed by atoms with E-state index >= 15 is 0 Å². The number of amides is 2. The molecule has 0 heterocycles. The van der Waals surface area contributed by atoms with Crippen molar-refractivity contribution in [2.24, 2.45) is 35.5 Å². The van der Waals surface area contributed by atoms with E-state index < -0.39 is 0 Å². The highest BCUT2D eigenvalue weighted by molar-refractivity contribution is 5.96. The van der Waals surface area contributed by atoms with Gasteiger partial charge in [-0.2, -0.15) is 0 Å². The molecule has 0 saturated heterocycles. The summed E-state index contributed by atoms with van der Waals surface area (Å²) in [4.78, 5) is 24.7. The Balaban J connectivity index is 1.39. The van der Waals surface area contributed by atoms with Gasteiger partial charge in [0, 0.05) is 23.2 Å². The van der Waals surface area contributed by atoms with Crippen molar-refractivity contribution in [1.82, 2.24) is 0 Å². The van der Waals surface area contributed by atoms with Gasteiger partial charge in [0.2, 0.25) is 11.8 Å². The second kappa shape index (κ2) is 9.11. The van der Waals surface area contributed by atoms with Crippen LogP contribution in [0.15, 0.2) is 24.3 Å². The first-order valence-electron chi connectivity index (χ1n) is 11.0. The summed E-state index contributed by atoms with van der Waals surface area (Å²) in [6.45, 7) is 8.92. The fraction of sp³-hybridized carbons (Fsp3) is 0.667. The molecule has 4 nitrogen and oxygen atoms in total. The van der Waals surface area contributed by atoms with Crippen LogP contribution in [-0.4, -0.2) is 11.8 Å². The van der Waals surface area contributed by atoms with Gasteiger partial charge >= 0.3 is 0 Å². The standard InChI is InChI=1S/C24H36N2O2/c1-15(2)5-7-17-13-21(17)23(27)25-19-9-11-20(12-10-19)26-24(28)22-14-18(22)8-6-16(3)4/h9-12,15-18,21-22H,5-8,13-14H2,1-4H3,(H,25,27)(H,26,28)/t17-,18+,21-,22-/m1/s1. The summed E-state index contributed by atoms with van der Waals surface area (Å²) in [7, 11) is 0. The number of benzene rings is 1. The molecule has 2 aliphatic rings. The lowest BCUT2D eigenvalue weighted by Crippen LogP contribution is -2.16. The summed E-state index contributed by atoms with van der Waals surface area (Å²) in [5, 5.41) is 6.04. The molecule has 2 saturated carbocycles. The fourth-order valence-electron chi connectivity index (χ4n) is 3.98. The first-order valence-corrected chi connectivity index (χ1v) is 11.0. The molecule has 0 aliphatic heterocycles. The molecule has 0 spiro atoms. The van der Waals surface area contributed by atoms with Gasteiger partial charge in [0.25, 0.3) is 0 Å². The zero-order valence-electron chi connectivity index (χ0n) is 17.8. The number of anilines is 2. The first kappa shape index (κ1) is 20.9. The van der Waals surface area contributed by atoms with E-state index in [9.17, 15) is 9.59 Å². The van der Waals surface area contributed by atoms with E-state index in [2.05, 4.69) is 38.3 Å². The maximum absolute atomic E-state index is 12.4. The minimum Gasteiger partial charge on any atom is -0.326 e. The molecule has 0 bridgehead atoms. The SMILES string of the molecule is CC(C)CC[C@@H]1C[C@H]1C(=O)Nc1ccc(NC(=O)[C@@H]2C[C@@H]2CCC(C)C)cc1. The summed E-state index contributed by atoms with van der Waals surface area (Å²) >= 11 is 0. The Morgan fingerprint density at radius 1 is 0.786 bits per heavy atom. The number of hydrogen-bond donors (Lipinski definition) is 2. The van der Waals surface area contributed by atoms with Gasteiger partial charge < -0.3 is 10.6 Å². The molecule has 1 aromatic carbocycles. The van der Waals surface area contributed by atoms with Crippen molar-refractivity contribution in [3.63, 3.8) is 0 Å². The number of rotatable bonds is 10. The Morgan fingerprint density at radius 3 is 1.46 bits per heavy atom. The molecule has 1 aromatic rings. The van der Waals surface area contributed by atoms with Crippen LogP contribution in [0.2, 0.25) is 0 Å². The van der Waals surface area contributed by atoms with Crippen molar-refractivity contribution in [3.05, 3.63) is 24.3 Å². The molecule has 0 aromatic heterocycles. The Labute approximate surface area is 169 Å². The van der Waals surface area contributed by atoms with E-state index in [1.165, 1.54) is 12.8 Å². The summed E-state index contributed by atoms with van der Waals surface area (Å²) in [6, 6.07) is 7.51. The van der Waals surface area contributed by atoms with E-state index in [1.807, 2.05) is 24.3 Å². The summed E-state index contributed by atoms with van der Waals surface area (Å²) in [5.74, 6) is 3.15. The van der Waals surface area contributed by atoms with Crippen LogP contribution in [0.25, 0.3) is 0 Å². The molecule has 3 rings (SSSR count). The molecule has 2 N–H and O–H groups in total. The topological polar surface area (TPSA) is 58.2 Å². The van der Waals surface area contributed by atoms with E-state index in [0.717, 1.165) is 37.1 Å². The third-order valence-electron chi connectivity index (χ3n) is 6.17. The van der Waals surface area contributed by atoms with Crippen LogP contribution in [0, 0.1) is 35.5 Å². The van der Waals surface area contributed by atoms with Crippen LogP contribution >= 0.6 is 0 Å². The van der Waals surface area contributed by atoms with Crippen molar-refractivity contribution >= 4 is 23.2 Å². The normalized spacial score (nSPS) is 25.6. The van der Waals surface area contributed by atoms with Crippen molar-refractivity contribution in [3.8, 4) is 0 Å². The van der Waals surface area contributed by atoms with Crippen LogP contribution in [-0.2, 0) is 9.59 Å². The molecule has 2 fully saturated rings. The minimum absolute atomic E-state index is 0.136. The number of carbonyl (C=O) groups is 2. The maximum atomic E-state index is 12.4. The smallest absolute Gasteiger partial charge is 0.227 e. The van der Waals surface area contributed by atoms with Crippen molar-refractivity contribution in [1.29, 1.82) is 0 Å². The predicted molar refractivity (Wildman–Crippen MR) is 115 cm³/mol. The van der Waals surface area contributed by atoms with Gasteiger partial charge in [0.1, 0.15) is 0 Å². The van der Waals surface area contributed by atoms with Crippen molar-refractivity contribution < 1.29 is 9.59 Å². The van der Waals surface area contributed by atoms with Gasteiger partial charge in [0.15, 0.2) is 0 Å². The molecule has 2 amide bonds. The highest BCUT2D eigenvalue weighted by Crippen LogP contribution is 2.44. The Morgan fingerprint density at radius 2 is 1.14 bits per heavy atom. The van der Waals surface area contributed by atoms with E-state index in [1.54, 1.807) is 0 Å². The fourth-order valence-corrected chi connectivity index (χ4v) is 3.98. The van der Waals surface area contributed by atoms with E-state index in [-0.39, 0.29) is 23.7 Å². The number of carbonyl (C=O) groups excluding carboxylic acids is 2. The molecule has 4 atom stereocenters. The zero-order valence-corrected chi connectivity index (χ0v) is 17.8. The highest BCUT2D eigenvalue weighted by atomic mass is 16.2. The van der Waals surface area contributed by atoms with E-state index in [0.29, 0.717) is 23.7 Å². The molecular weight excluding hydrogens is 348 g/mol. The van der Waals surface area contributed by atoms with Gasteiger partial charge in [-0.05, 0) is 73.6 Å². The zero-order chi connectivity index (χ0) is 20.3. The number of hydrogen-bond acceptors (Lipinski definition) is 2. The molecule has 0 unspecified atom stereocenters. The van der Waals surface area contributed by atoms with Crippen LogP contribution in [0.1, 0.15) is 66.2 Å². The minimum atomic E-state index is 0.136. The Bertz CT molecular complexity index is 621. The van der Waals surface area contributed by atoms with Crippen LogP contribution in [0.3, 0.4) is 0 Å². The number of nitrogens with one attached hydrogen (secondary N) is 2. The summed E-state index contributed by atoms with van der Waals surface area (Å²) in [5.41, 5.74) is 1.61. The Hall–Kier alpha value is -1.84. The largest absolute Gasteiger partial charge is 0.326 e. The monoisotopic (exact) mass is 384 g/mol. The van der Waals surface area contributed by atoms with Gasteiger partial charge in [-0.1, -0.05) is 40.5 Å². The lowest BCUT2D eigenvalue weighted by atomic mass is 10.0.